The maximum Gasteiger partial charge on any atom is 0.136 e. The van der Waals surface area contributed by atoms with Crippen molar-refractivity contribution in [3.63, 3.8) is 0 Å². The van der Waals surface area contributed by atoms with Gasteiger partial charge in [-0.25, -0.2) is 0 Å². The summed E-state index contributed by atoms with van der Waals surface area (Å²) in [5.41, 5.74) is 12.2. The van der Waals surface area contributed by atoms with Gasteiger partial charge >= 0.3 is 0 Å². The predicted octanol–water partition coefficient (Wildman–Crippen LogP) is 15.5. The van der Waals surface area contributed by atoms with E-state index in [1.54, 1.807) is 0 Å². The minimum Gasteiger partial charge on any atom is -0.456 e. The summed E-state index contributed by atoms with van der Waals surface area (Å²) in [6.45, 7) is 0. The Bertz CT molecular complexity index is 3240. The fraction of sp³-hybridized carbons (Fsp3) is 0. The molecule has 11 aromatic rings. The zero-order valence-corrected chi connectivity index (χ0v) is 30.6. The first-order chi connectivity index (χ1) is 27.8. The topological polar surface area (TPSA) is 16.4 Å². The van der Waals surface area contributed by atoms with Gasteiger partial charge in [-0.05, 0) is 109 Å². The van der Waals surface area contributed by atoms with Gasteiger partial charge in [0.2, 0.25) is 0 Å². The summed E-state index contributed by atoms with van der Waals surface area (Å²) in [6.07, 6.45) is 0. The minimum atomic E-state index is 0.900. The third kappa shape index (κ3) is 5.26. The monoisotopic (exact) mass is 713 g/mol. The van der Waals surface area contributed by atoms with Crippen molar-refractivity contribution in [1.82, 2.24) is 0 Å². The molecule has 10 aromatic carbocycles. The Morgan fingerprint density at radius 2 is 0.821 bits per heavy atom. The van der Waals surface area contributed by atoms with Crippen LogP contribution in [0.25, 0.3) is 87.6 Å². The maximum atomic E-state index is 6.26. The summed E-state index contributed by atoms with van der Waals surface area (Å²) in [5.74, 6) is 0. The molecular weight excluding hydrogens is 679 g/mol. The van der Waals surface area contributed by atoms with Gasteiger partial charge in [-0.3, -0.25) is 0 Å². The number of hydrogen-bond donors (Lipinski definition) is 0. The van der Waals surface area contributed by atoms with Crippen LogP contribution in [-0.2, 0) is 0 Å². The molecule has 0 N–H and O–H groups in total. The van der Waals surface area contributed by atoms with Gasteiger partial charge in [-0.15, -0.1) is 0 Å². The van der Waals surface area contributed by atoms with E-state index >= 15 is 0 Å². The summed E-state index contributed by atoms with van der Waals surface area (Å²) >= 11 is 0. The molecule has 262 valence electrons. The van der Waals surface area contributed by atoms with E-state index in [2.05, 4.69) is 205 Å². The van der Waals surface area contributed by atoms with E-state index < -0.39 is 0 Å². The van der Waals surface area contributed by atoms with E-state index in [1.807, 2.05) is 12.1 Å². The molecule has 0 spiro atoms. The number of fused-ring (bicyclic) bond motifs is 7. The highest BCUT2D eigenvalue weighted by Crippen LogP contribution is 2.45. The standard InChI is InChI=1S/C54H35NO/c1-3-16-42-36(13-1)15-11-22-43(42)37-27-31-40(32-28-37)55(41-33-29-38(30-34-41)45-23-12-26-53-54(45)49-21-8-10-25-52(49)56-53)51-24-9-7-20-48(51)50-35-39-14-2-4-17-44(39)46-18-5-6-19-47(46)50/h1-35H. The molecule has 11 rings (SSSR count). The molecule has 0 bridgehead atoms. The second-order valence-corrected chi connectivity index (χ2v) is 14.4. The van der Waals surface area contributed by atoms with E-state index in [1.165, 1.54) is 54.6 Å². The first kappa shape index (κ1) is 32.0. The van der Waals surface area contributed by atoms with E-state index in [4.69, 9.17) is 4.42 Å². The highest BCUT2D eigenvalue weighted by molar-refractivity contribution is 6.15. The average Bonchev–Trinajstić information content (AvgIpc) is 3.66. The van der Waals surface area contributed by atoms with Gasteiger partial charge in [0.05, 0.1) is 5.69 Å². The molecule has 0 aliphatic rings. The van der Waals surface area contributed by atoms with Crippen molar-refractivity contribution in [2.75, 3.05) is 4.90 Å². The molecule has 1 aromatic heterocycles. The Morgan fingerprint density at radius 1 is 0.304 bits per heavy atom. The molecule has 1 heterocycles. The normalized spacial score (nSPS) is 11.6. The Kier molecular flexibility index (Phi) is 7.53. The summed E-state index contributed by atoms with van der Waals surface area (Å²) in [6, 6.07) is 76.6. The van der Waals surface area contributed by atoms with Crippen LogP contribution < -0.4 is 4.90 Å². The zero-order valence-electron chi connectivity index (χ0n) is 30.6. The molecule has 0 unspecified atom stereocenters. The van der Waals surface area contributed by atoms with Crippen molar-refractivity contribution in [2.24, 2.45) is 0 Å². The van der Waals surface area contributed by atoms with Crippen LogP contribution >= 0.6 is 0 Å². The quantitative estimate of drug-likeness (QED) is 0.160. The highest BCUT2D eigenvalue weighted by Gasteiger charge is 2.20. The molecule has 0 saturated carbocycles. The third-order valence-corrected chi connectivity index (χ3v) is 11.3. The summed E-state index contributed by atoms with van der Waals surface area (Å²) in [5, 5.41) is 9.76. The second-order valence-electron chi connectivity index (χ2n) is 14.4. The molecule has 0 saturated heterocycles. The van der Waals surface area contributed by atoms with Crippen molar-refractivity contribution < 1.29 is 4.42 Å². The highest BCUT2D eigenvalue weighted by atomic mass is 16.3. The predicted molar refractivity (Wildman–Crippen MR) is 237 cm³/mol. The molecule has 0 radical (unpaired) electrons. The Labute approximate surface area is 325 Å². The lowest BCUT2D eigenvalue weighted by Crippen LogP contribution is -2.11. The summed E-state index contributed by atoms with van der Waals surface area (Å²) in [4.78, 5) is 2.41. The van der Waals surface area contributed by atoms with Gasteiger partial charge in [0.1, 0.15) is 11.2 Å². The lowest BCUT2D eigenvalue weighted by atomic mass is 9.92. The molecule has 0 fully saturated rings. The molecule has 0 aliphatic carbocycles. The van der Waals surface area contributed by atoms with Gasteiger partial charge in [0, 0.05) is 27.7 Å². The molecule has 56 heavy (non-hydrogen) atoms. The summed E-state index contributed by atoms with van der Waals surface area (Å²) < 4.78 is 6.26. The van der Waals surface area contributed by atoms with Crippen LogP contribution in [0, 0.1) is 0 Å². The number of furan rings is 1. The maximum absolute atomic E-state index is 6.26. The first-order valence-electron chi connectivity index (χ1n) is 19.2. The fourth-order valence-corrected chi connectivity index (χ4v) is 8.67. The van der Waals surface area contributed by atoms with Crippen LogP contribution in [-0.4, -0.2) is 0 Å². The smallest absolute Gasteiger partial charge is 0.136 e. The number of nitrogens with zero attached hydrogens (tertiary/aromatic N) is 1. The van der Waals surface area contributed by atoms with E-state index in [0.717, 1.165) is 50.1 Å². The van der Waals surface area contributed by atoms with E-state index in [-0.39, 0.29) is 0 Å². The third-order valence-electron chi connectivity index (χ3n) is 11.3. The number of hydrogen-bond acceptors (Lipinski definition) is 2. The van der Waals surface area contributed by atoms with Gasteiger partial charge < -0.3 is 9.32 Å². The van der Waals surface area contributed by atoms with Crippen molar-refractivity contribution in [3.05, 3.63) is 212 Å². The fourth-order valence-electron chi connectivity index (χ4n) is 8.67. The molecule has 2 heteroatoms. The van der Waals surface area contributed by atoms with Crippen LogP contribution in [0.5, 0.6) is 0 Å². The Morgan fingerprint density at radius 3 is 1.61 bits per heavy atom. The SMILES string of the molecule is c1ccc(N(c2ccc(-c3cccc4ccccc34)cc2)c2ccc(-c3cccc4oc5ccccc5c34)cc2)c(-c2cc3ccccc3c3ccccc23)c1. The van der Waals surface area contributed by atoms with Crippen molar-refractivity contribution in [3.8, 4) is 33.4 Å². The van der Waals surface area contributed by atoms with E-state index in [9.17, 15) is 0 Å². The summed E-state index contributed by atoms with van der Waals surface area (Å²) in [7, 11) is 0. The first-order valence-corrected chi connectivity index (χ1v) is 19.2. The molecule has 0 amide bonds. The number of para-hydroxylation sites is 2. The van der Waals surface area contributed by atoms with Gasteiger partial charge in [-0.2, -0.15) is 0 Å². The van der Waals surface area contributed by atoms with Crippen LogP contribution in [0.1, 0.15) is 0 Å². The second kappa shape index (κ2) is 13.2. The Balaban J connectivity index is 1.09. The lowest BCUT2D eigenvalue weighted by Gasteiger charge is -2.28. The molecule has 0 atom stereocenters. The largest absolute Gasteiger partial charge is 0.456 e. The minimum absolute atomic E-state index is 0.900. The lowest BCUT2D eigenvalue weighted by molar-refractivity contribution is 0.669. The Hall–Kier alpha value is -7.42. The zero-order chi connectivity index (χ0) is 37.0. The molecule has 2 nitrogen and oxygen atoms in total. The van der Waals surface area contributed by atoms with Crippen molar-refractivity contribution in [1.29, 1.82) is 0 Å². The van der Waals surface area contributed by atoms with Gasteiger partial charge in [-0.1, -0.05) is 164 Å². The van der Waals surface area contributed by atoms with Crippen LogP contribution in [0.4, 0.5) is 17.1 Å². The van der Waals surface area contributed by atoms with Crippen LogP contribution in [0.3, 0.4) is 0 Å². The number of rotatable bonds is 6. The van der Waals surface area contributed by atoms with Crippen LogP contribution in [0.15, 0.2) is 217 Å². The number of benzene rings is 10. The van der Waals surface area contributed by atoms with Crippen molar-refractivity contribution >= 4 is 71.3 Å². The van der Waals surface area contributed by atoms with E-state index in [0.29, 0.717) is 0 Å². The van der Waals surface area contributed by atoms with Crippen molar-refractivity contribution in [2.45, 2.75) is 0 Å². The van der Waals surface area contributed by atoms with Gasteiger partial charge in [0.15, 0.2) is 0 Å². The van der Waals surface area contributed by atoms with Crippen LogP contribution in [0.2, 0.25) is 0 Å². The number of anilines is 3. The van der Waals surface area contributed by atoms with Gasteiger partial charge in [0.25, 0.3) is 0 Å². The average molecular weight is 714 g/mol. The molecule has 0 aliphatic heterocycles. The molecular formula is C54H35NO.